The topological polar surface area (TPSA) is 13.1 Å². The number of nitrogens with zero attached hydrogens (tertiary/aromatic N) is 3. The van der Waals surface area contributed by atoms with Crippen molar-refractivity contribution in [3.8, 4) is 55.9 Å². The minimum absolute atomic E-state index is 0.125. The SMILES string of the molecule is CC1(C)c2ccccc2-c2ccc(N(c3ccc(-c4ccc5c(c4)c4cc(-c6ccc7c(c6)c6ccccc6n7-c6ccccc6)ccc4n5-c4ccccc4)cc3)c3ccc4c(c3)C(C)(C)c3ccccc3-4)cc21. The Morgan fingerprint density at radius 2 is 0.627 bits per heavy atom. The molecule has 0 saturated carbocycles. The quantitative estimate of drug-likeness (QED) is 0.155. The molecule has 0 aliphatic heterocycles. The van der Waals surface area contributed by atoms with Crippen LogP contribution in [0, 0.1) is 0 Å². The second-order valence-corrected chi connectivity index (χ2v) is 21.7. The lowest BCUT2D eigenvalue weighted by atomic mass is 9.82. The van der Waals surface area contributed by atoms with Gasteiger partial charge in [-0.2, -0.15) is 0 Å². The zero-order valence-electron chi connectivity index (χ0n) is 42.5. The highest BCUT2D eigenvalue weighted by molar-refractivity contribution is 6.13. The number of anilines is 3. The lowest BCUT2D eigenvalue weighted by molar-refractivity contribution is 0.660. The summed E-state index contributed by atoms with van der Waals surface area (Å²) < 4.78 is 4.80. The lowest BCUT2D eigenvalue weighted by Crippen LogP contribution is -2.18. The van der Waals surface area contributed by atoms with Crippen LogP contribution in [0.15, 0.2) is 249 Å². The van der Waals surface area contributed by atoms with Crippen LogP contribution in [0.1, 0.15) is 49.9 Å². The molecule has 2 aliphatic rings. The van der Waals surface area contributed by atoms with Gasteiger partial charge in [0.1, 0.15) is 0 Å². The maximum absolute atomic E-state index is 2.47. The van der Waals surface area contributed by atoms with Crippen LogP contribution in [0.5, 0.6) is 0 Å². The van der Waals surface area contributed by atoms with Gasteiger partial charge in [0.15, 0.2) is 0 Å². The fourth-order valence-corrected chi connectivity index (χ4v) is 13.2. The molecule has 13 aromatic rings. The van der Waals surface area contributed by atoms with Crippen LogP contribution in [-0.4, -0.2) is 9.13 Å². The molecule has 0 radical (unpaired) electrons. The molecule has 15 rings (SSSR count). The maximum Gasteiger partial charge on any atom is 0.0541 e. The van der Waals surface area contributed by atoms with E-state index in [9.17, 15) is 0 Å². The molecule has 0 bridgehead atoms. The predicted octanol–water partition coefficient (Wildman–Crippen LogP) is 19.3. The van der Waals surface area contributed by atoms with Gasteiger partial charge in [0, 0.05) is 60.8 Å². The van der Waals surface area contributed by atoms with Crippen LogP contribution in [0.2, 0.25) is 0 Å². The molecule has 356 valence electrons. The van der Waals surface area contributed by atoms with E-state index in [-0.39, 0.29) is 10.8 Å². The van der Waals surface area contributed by atoms with E-state index >= 15 is 0 Å². The number of benzene rings is 11. The van der Waals surface area contributed by atoms with Gasteiger partial charge in [-0.15, -0.1) is 0 Å². The molecule has 2 aliphatic carbocycles. The highest BCUT2D eigenvalue weighted by atomic mass is 15.1. The largest absolute Gasteiger partial charge is 0.310 e. The normalized spacial score (nSPS) is 13.8. The fourth-order valence-electron chi connectivity index (χ4n) is 13.2. The maximum atomic E-state index is 2.47. The van der Waals surface area contributed by atoms with E-state index in [1.54, 1.807) is 0 Å². The Morgan fingerprint density at radius 3 is 1.12 bits per heavy atom. The number of fused-ring (bicyclic) bond motifs is 12. The Kier molecular flexibility index (Phi) is 9.35. The van der Waals surface area contributed by atoms with Crippen molar-refractivity contribution >= 4 is 60.7 Å². The van der Waals surface area contributed by atoms with Crippen molar-refractivity contribution in [2.24, 2.45) is 0 Å². The zero-order chi connectivity index (χ0) is 50.2. The van der Waals surface area contributed by atoms with Crippen LogP contribution in [0.4, 0.5) is 17.1 Å². The standard InChI is InChI=1S/C72H53N3/c1-71(2)63-24-14-11-21-55(63)57-36-34-53(44-65(57)71)73(54-35-37-58-56-22-12-15-25-64(56)72(3,4)66(58)45-54)52-32-27-46(28-33-52)47-29-38-69-61(41-47)62-43-49(31-40-70(62)75(69)51-19-9-6-10-20-51)48-30-39-68-60(42-48)59-23-13-16-26-67(59)74(68)50-17-7-5-8-18-50/h5-45H,1-4H3. The van der Waals surface area contributed by atoms with E-state index in [4.69, 9.17) is 0 Å². The van der Waals surface area contributed by atoms with E-state index in [2.05, 4.69) is 290 Å². The van der Waals surface area contributed by atoms with Gasteiger partial charge >= 0.3 is 0 Å². The number of aromatic nitrogens is 2. The van der Waals surface area contributed by atoms with Crippen molar-refractivity contribution in [3.63, 3.8) is 0 Å². The molecule has 2 heterocycles. The van der Waals surface area contributed by atoms with Crippen molar-refractivity contribution in [2.45, 2.75) is 38.5 Å². The molecule has 2 aromatic heterocycles. The van der Waals surface area contributed by atoms with E-state index in [1.165, 1.54) is 116 Å². The van der Waals surface area contributed by atoms with Crippen molar-refractivity contribution in [1.82, 2.24) is 9.13 Å². The minimum atomic E-state index is -0.125. The van der Waals surface area contributed by atoms with Gasteiger partial charge in [0.2, 0.25) is 0 Å². The Hall–Kier alpha value is -9.18. The molecule has 11 aromatic carbocycles. The molecule has 0 spiro atoms. The van der Waals surface area contributed by atoms with E-state index in [1.807, 2.05) is 0 Å². The summed E-state index contributed by atoms with van der Waals surface area (Å²) >= 11 is 0. The predicted molar refractivity (Wildman–Crippen MR) is 316 cm³/mol. The van der Waals surface area contributed by atoms with E-state index in [0.29, 0.717) is 0 Å². The van der Waals surface area contributed by atoms with Crippen LogP contribution < -0.4 is 4.90 Å². The Morgan fingerprint density at radius 1 is 0.267 bits per heavy atom. The number of hydrogen-bond donors (Lipinski definition) is 0. The fraction of sp³-hybridized carbons (Fsp3) is 0.0833. The van der Waals surface area contributed by atoms with Gasteiger partial charge in [-0.25, -0.2) is 0 Å². The second kappa shape index (κ2) is 16.2. The highest BCUT2D eigenvalue weighted by Gasteiger charge is 2.38. The van der Waals surface area contributed by atoms with Gasteiger partial charge in [-0.3, -0.25) is 0 Å². The van der Waals surface area contributed by atoms with Gasteiger partial charge < -0.3 is 14.0 Å². The first-order chi connectivity index (χ1) is 36.7. The third-order valence-corrected chi connectivity index (χ3v) is 16.9. The van der Waals surface area contributed by atoms with Gasteiger partial charge in [-0.05, 0) is 170 Å². The summed E-state index contributed by atoms with van der Waals surface area (Å²) in [4.78, 5) is 2.47. The first-order valence-corrected chi connectivity index (χ1v) is 26.3. The smallest absolute Gasteiger partial charge is 0.0541 e. The van der Waals surface area contributed by atoms with Crippen LogP contribution in [0.25, 0.3) is 99.5 Å². The van der Waals surface area contributed by atoms with E-state index < -0.39 is 0 Å². The van der Waals surface area contributed by atoms with Crippen LogP contribution in [0.3, 0.4) is 0 Å². The van der Waals surface area contributed by atoms with Crippen molar-refractivity contribution in [3.05, 3.63) is 271 Å². The van der Waals surface area contributed by atoms with Gasteiger partial charge in [0.25, 0.3) is 0 Å². The number of para-hydroxylation sites is 3. The molecular weight excluding hydrogens is 907 g/mol. The molecule has 0 saturated heterocycles. The summed E-state index contributed by atoms with van der Waals surface area (Å²) in [5.74, 6) is 0. The van der Waals surface area contributed by atoms with Crippen molar-refractivity contribution in [1.29, 1.82) is 0 Å². The highest BCUT2D eigenvalue weighted by Crippen LogP contribution is 2.53. The average molecular weight is 960 g/mol. The Bertz CT molecular complexity index is 4350. The molecule has 0 unspecified atom stereocenters. The monoisotopic (exact) mass is 959 g/mol. The summed E-state index contributed by atoms with van der Waals surface area (Å²) in [6.07, 6.45) is 0. The van der Waals surface area contributed by atoms with Crippen LogP contribution in [-0.2, 0) is 10.8 Å². The zero-order valence-corrected chi connectivity index (χ0v) is 42.5. The summed E-state index contributed by atoms with van der Waals surface area (Å²) in [7, 11) is 0. The molecule has 3 nitrogen and oxygen atoms in total. The first-order valence-electron chi connectivity index (χ1n) is 26.3. The molecule has 0 atom stereocenters. The van der Waals surface area contributed by atoms with Gasteiger partial charge in [0.05, 0.1) is 22.1 Å². The Labute approximate surface area is 437 Å². The van der Waals surface area contributed by atoms with Crippen molar-refractivity contribution in [2.75, 3.05) is 4.90 Å². The number of rotatable bonds is 7. The molecule has 0 fully saturated rings. The summed E-state index contributed by atoms with van der Waals surface area (Å²) in [5.41, 5.74) is 25.8. The summed E-state index contributed by atoms with van der Waals surface area (Å²) in [6, 6.07) is 92.6. The van der Waals surface area contributed by atoms with E-state index in [0.717, 1.165) is 22.7 Å². The summed E-state index contributed by atoms with van der Waals surface area (Å²) in [5, 5.41) is 4.96. The Balaban J connectivity index is 0.856. The molecular formula is C72H53N3. The van der Waals surface area contributed by atoms with Crippen LogP contribution >= 0.6 is 0 Å². The third kappa shape index (κ3) is 6.47. The lowest BCUT2D eigenvalue weighted by Gasteiger charge is -2.30. The van der Waals surface area contributed by atoms with Gasteiger partial charge in [-0.1, -0.05) is 173 Å². The number of hydrogen-bond acceptors (Lipinski definition) is 1. The second-order valence-electron chi connectivity index (χ2n) is 21.7. The minimum Gasteiger partial charge on any atom is -0.310 e. The molecule has 75 heavy (non-hydrogen) atoms. The molecule has 0 N–H and O–H groups in total. The third-order valence-electron chi connectivity index (χ3n) is 16.9. The van der Waals surface area contributed by atoms with Crippen molar-refractivity contribution < 1.29 is 0 Å². The first kappa shape index (κ1) is 43.4. The molecule has 0 amide bonds. The summed E-state index contributed by atoms with van der Waals surface area (Å²) in [6.45, 7) is 9.49. The average Bonchev–Trinajstić information content (AvgIpc) is 4.17. The molecule has 3 heteroatoms.